The maximum Gasteiger partial charge on any atom is 0.435 e. The fourth-order valence-electron chi connectivity index (χ4n) is 1.38. The summed E-state index contributed by atoms with van der Waals surface area (Å²) in [6.07, 6.45) is -2.35. The standard InChI is InChI=1S/C10H11F3N6/c1-19-6-15-9(18-19)4-5-14-8-3-2-7(16-17-8)10(11,12)13/h2-3,6H,4-5H2,1H3,(H,14,17). The topological polar surface area (TPSA) is 68.5 Å². The van der Waals surface area contributed by atoms with Crippen molar-refractivity contribution in [1.82, 2.24) is 25.0 Å². The summed E-state index contributed by atoms with van der Waals surface area (Å²) in [6.45, 7) is 0.462. The average Bonchev–Trinajstić information content (AvgIpc) is 2.75. The highest BCUT2D eigenvalue weighted by atomic mass is 19.4. The van der Waals surface area contributed by atoms with Gasteiger partial charge in [-0.25, -0.2) is 4.98 Å². The lowest BCUT2D eigenvalue weighted by atomic mass is 10.3. The Hall–Kier alpha value is -2.19. The number of anilines is 1. The third kappa shape index (κ3) is 3.63. The summed E-state index contributed by atoms with van der Waals surface area (Å²) < 4.78 is 38.3. The van der Waals surface area contributed by atoms with Gasteiger partial charge in [0.2, 0.25) is 0 Å². The summed E-state index contributed by atoms with van der Waals surface area (Å²) in [5.74, 6) is 0.929. The average molecular weight is 272 g/mol. The third-order valence-corrected chi connectivity index (χ3v) is 2.26. The van der Waals surface area contributed by atoms with E-state index in [-0.39, 0.29) is 5.82 Å². The molecule has 0 aliphatic carbocycles. The summed E-state index contributed by atoms with van der Waals surface area (Å²) in [7, 11) is 1.76. The predicted molar refractivity (Wildman–Crippen MR) is 60.2 cm³/mol. The van der Waals surface area contributed by atoms with Crippen LogP contribution in [0.15, 0.2) is 18.5 Å². The van der Waals surface area contributed by atoms with Crippen LogP contribution < -0.4 is 5.32 Å². The minimum absolute atomic E-state index is 0.281. The molecule has 9 heteroatoms. The molecular formula is C10H11F3N6. The first-order chi connectivity index (χ1) is 8.95. The smallest absolute Gasteiger partial charge is 0.368 e. The maximum absolute atomic E-state index is 12.3. The van der Waals surface area contributed by atoms with Crippen LogP contribution >= 0.6 is 0 Å². The van der Waals surface area contributed by atoms with Crippen LogP contribution in [-0.4, -0.2) is 31.5 Å². The van der Waals surface area contributed by atoms with Crippen molar-refractivity contribution < 1.29 is 13.2 Å². The number of nitrogens with one attached hydrogen (secondary N) is 1. The van der Waals surface area contributed by atoms with E-state index in [9.17, 15) is 13.2 Å². The van der Waals surface area contributed by atoms with Gasteiger partial charge < -0.3 is 5.32 Å². The molecule has 1 N–H and O–H groups in total. The number of alkyl halides is 3. The van der Waals surface area contributed by atoms with Gasteiger partial charge >= 0.3 is 6.18 Å². The van der Waals surface area contributed by atoms with Crippen LogP contribution in [0.5, 0.6) is 0 Å². The Labute approximate surface area is 106 Å². The van der Waals surface area contributed by atoms with Crippen molar-refractivity contribution in [3.63, 3.8) is 0 Å². The number of halogens is 3. The summed E-state index contributed by atoms with van der Waals surface area (Å²) in [5, 5.41) is 13.5. The molecule has 0 spiro atoms. The Morgan fingerprint density at radius 2 is 2.05 bits per heavy atom. The number of aryl methyl sites for hydroxylation is 1. The zero-order chi connectivity index (χ0) is 13.9. The van der Waals surface area contributed by atoms with Crippen molar-refractivity contribution in [3.8, 4) is 0 Å². The third-order valence-electron chi connectivity index (χ3n) is 2.26. The fourth-order valence-corrected chi connectivity index (χ4v) is 1.38. The van der Waals surface area contributed by atoms with E-state index in [0.717, 1.165) is 6.07 Å². The number of hydrogen-bond acceptors (Lipinski definition) is 5. The van der Waals surface area contributed by atoms with Crippen molar-refractivity contribution in [1.29, 1.82) is 0 Å². The molecule has 0 aliphatic heterocycles. The van der Waals surface area contributed by atoms with Crippen molar-refractivity contribution in [2.75, 3.05) is 11.9 Å². The molecule has 0 saturated heterocycles. The second kappa shape index (κ2) is 5.21. The zero-order valence-corrected chi connectivity index (χ0v) is 10.0. The summed E-state index contributed by atoms with van der Waals surface area (Å²) in [6, 6.07) is 2.12. The molecule has 2 rings (SSSR count). The second-order valence-electron chi connectivity index (χ2n) is 3.81. The Morgan fingerprint density at radius 1 is 1.26 bits per heavy atom. The molecule has 0 atom stereocenters. The van der Waals surface area contributed by atoms with Gasteiger partial charge in [0.25, 0.3) is 0 Å². The van der Waals surface area contributed by atoms with E-state index < -0.39 is 11.9 Å². The van der Waals surface area contributed by atoms with Crippen molar-refractivity contribution in [2.45, 2.75) is 12.6 Å². The molecule has 2 heterocycles. The molecule has 0 unspecified atom stereocenters. The SMILES string of the molecule is Cn1cnc(CCNc2ccc(C(F)(F)F)nn2)n1. The molecule has 2 aromatic heterocycles. The lowest BCUT2D eigenvalue weighted by Crippen LogP contribution is -2.12. The molecule has 0 bridgehead atoms. The van der Waals surface area contributed by atoms with Gasteiger partial charge in [0.05, 0.1) is 0 Å². The van der Waals surface area contributed by atoms with Crippen LogP contribution in [0.25, 0.3) is 0 Å². The van der Waals surface area contributed by atoms with E-state index in [4.69, 9.17) is 0 Å². The van der Waals surface area contributed by atoms with Gasteiger partial charge in [0, 0.05) is 20.0 Å². The molecule has 2 aromatic rings. The minimum Gasteiger partial charge on any atom is -0.368 e. The second-order valence-corrected chi connectivity index (χ2v) is 3.81. The predicted octanol–water partition coefficient (Wildman–Crippen LogP) is 1.28. The maximum atomic E-state index is 12.3. The minimum atomic E-state index is -4.47. The highest BCUT2D eigenvalue weighted by Crippen LogP contribution is 2.26. The molecule has 6 nitrogen and oxygen atoms in total. The van der Waals surface area contributed by atoms with E-state index in [0.29, 0.717) is 18.8 Å². The number of hydrogen-bond donors (Lipinski definition) is 1. The summed E-state index contributed by atoms with van der Waals surface area (Å²) in [4.78, 5) is 4.02. The van der Waals surface area contributed by atoms with Gasteiger partial charge in [-0.3, -0.25) is 4.68 Å². The number of aromatic nitrogens is 5. The van der Waals surface area contributed by atoms with E-state index in [1.807, 2.05) is 0 Å². The Morgan fingerprint density at radius 3 is 2.58 bits per heavy atom. The van der Waals surface area contributed by atoms with Gasteiger partial charge in [-0.2, -0.15) is 18.3 Å². The van der Waals surface area contributed by atoms with E-state index in [1.54, 1.807) is 18.1 Å². The van der Waals surface area contributed by atoms with Crippen LogP contribution in [0.1, 0.15) is 11.5 Å². The van der Waals surface area contributed by atoms with Crippen LogP contribution in [-0.2, 0) is 19.6 Å². The first-order valence-corrected chi connectivity index (χ1v) is 5.44. The highest BCUT2D eigenvalue weighted by molar-refractivity contribution is 5.33. The molecule has 0 saturated carbocycles. The van der Waals surface area contributed by atoms with Gasteiger partial charge in [-0.15, -0.1) is 10.2 Å². The number of rotatable bonds is 4. The zero-order valence-electron chi connectivity index (χ0n) is 10.0. The molecule has 0 fully saturated rings. The van der Waals surface area contributed by atoms with E-state index in [2.05, 4.69) is 25.6 Å². The normalized spacial score (nSPS) is 11.6. The molecule has 0 amide bonds. The summed E-state index contributed by atoms with van der Waals surface area (Å²) in [5.41, 5.74) is -1.01. The van der Waals surface area contributed by atoms with Crippen LogP contribution in [0.3, 0.4) is 0 Å². The quantitative estimate of drug-likeness (QED) is 0.908. The molecular weight excluding hydrogens is 261 g/mol. The Balaban J connectivity index is 1.86. The molecule has 0 radical (unpaired) electrons. The Bertz CT molecular complexity index is 533. The van der Waals surface area contributed by atoms with E-state index in [1.165, 1.54) is 6.07 Å². The number of nitrogens with zero attached hydrogens (tertiary/aromatic N) is 5. The van der Waals surface area contributed by atoms with Crippen LogP contribution in [0, 0.1) is 0 Å². The van der Waals surface area contributed by atoms with Gasteiger partial charge in [0.1, 0.15) is 12.1 Å². The first-order valence-electron chi connectivity index (χ1n) is 5.44. The Kier molecular flexibility index (Phi) is 3.63. The summed E-state index contributed by atoms with van der Waals surface area (Å²) >= 11 is 0. The molecule has 19 heavy (non-hydrogen) atoms. The van der Waals surface area contributed by atoms with Crippen LogP contribution in [0.2, 0.25) is 0 Å². The lowest BCUT2D eigenvalue weighted by molar-refractivity contribution is -0.141. The molecule has 102 valence electrons. The first kappa shape index (κ1) is 13.2. The largest absolute Gasteiger partial charge is 0.435 e. The monoisotopic (exact) mass is 272 g/mol. The van der Waals surface area contributed by atoms with Gasteiger partial charge in [0.15, 0.2) is 11.5 Å². The highest BCUT2D eigenvalue weighted by Gasteiger charge is 2.32. The van der Waals surface area contributed by atoms with Gasteiger partial charge in [-0.05, 0) is 12.1 Å². The lowest BCUT2D eigenvalue weighted by Gasteiger charge is -2.06. The fraction of sp³-hybridized carbons (Fsp3) is 0.400. The van der Waals surface area contributed by atoms with Crippen molar-refractivity contribution in [3.05, 3.63) is 30.0 Å². The molecule has 0 aliphatic rings. The van der Waals surface area contributed by atoms with Crippen molar-refractivity contribution in [2.24, 2.45) is 7.05 Å². The van der Waals surface area contributed by atoms with Crippen molar-refractivity contribution >= 4 is 5.82 Å². The molecule has 0 aromatic carbocycles. The van der Waals surface area contributed by atoms with Gasteiger partial charge in [-0.1, -0.05) is 0 Å². The van der Waals surface area contributed by atoms with E-state index >= 15 is 0 Å². The van der Waals surface area contributed by atoms with Crippen LogP contribution in [0.4, 0.5) is 19.0 Å².